The summed E-state index contributed by atoms with van der Waals surface area (Å²) >= 11 is 0. The third-order valence-electron chi connectivity index (χ3n) is 3.71. The third-order valence-corrected chi connectivity index (χ3v) is 5.12. The minimum Gasteiger partial charge on any atom is -0.455 e. The van der Waals surface area contributed by atoms with Gasteiger partial charge in [0.1, 0.15) is 6.54 Å². The van der Waals surface area contributed by atoms with Gasteiger partial charge in [-0.1, -0.05) is 0 Å². The van der Waals surface area contributed by atoms with Crippen molar-refractivity contribution in [2.75, 3.05) is 31.6 Å². The molecule has 1 fully saturated rings. The lowest BCUT2D eigenvalue weighted by atomic mass is 10.3. The van der Waals surface area contributed by atoms with Crippen LogP contribution in [-0.2, 0) is 29.1 Å². The van der Waals surface area contributed by atoms with E-state index in [0.717, 1.165) is 12.8 Å². The molecule has 2 rings (SSSR count). The van der Waals surface area contributed by atoms with E-state index in [9.17, 15) is 22.8 Å². The summed E-state index contributed by atoms with van der Waals surface area (Å²) in [5, 5.41) is 2.52. The number of anilines is 1. The number of esters is 1. The summed E-state index contributed by atoms with van der Waals surface area (Å²) in [7, 11) is -3.91. The SMILES string of the molecule is CC(=O)Nc1ccc(S(=O)(=O)NCC(=O)OCC(=O)N2CCCC2)cc1. The van der Waals surface area contributed by atoms with Crippen LogP contribution in [0.5, 0.6) is 0 Å². The highest BCUT2D eigenvalue weighted by atomic mass is 32.2. The molecule has 1 aliphatic rings. The van der Waals surface area contributed by atoms with E-state index in [1.54, 1.807) is 4.90 Å². The minimum absolute atomic E-state index is 0.0625. The fraction of sp³-hybridized carbons (Fsp3) is 0.438. The number of likely N-dealkylation sites (tertiary alicyclic amines) is 1. The molecular formula is C16H21N3O6S. The van der Waals surface area contributed by atoms with Crippen LogP contribution in [0.3, 0.4) is 0 Å². The number of ether oxygens (including phenoxy) is 1. The molecule has 2 amide bonds. The molecule has 142 valence electrons. The van der Waals surface area contributed by atoms with Crippen molar-refractivity contribution in [1.29, 1.82) is 0 Å². The molecule has 0 atom stereocenters. The third kappa shape index (κ3) is 5.81. The topological polar surface area (TPSA) is 122 Å². The van der Waals surface area contributed by atoms with E-state index in [1.807, 2.05) is 0 Å². The van der Waals surface area contributed by atoms with Gasteiger partial charge in [-0.05, 0) is 37.1 Å². The van der Waals surface area contributed by atoms with Crippen LogP contribution in [0, 0.1) is 0 Å². The van der Waals surface area contributed by atoms with Crippen LogP contribution < -0.4 is 10.0 Å². The van der Waals surface area contributed by atoms with Gasteiger partial charge in [-0.2, -0.15) is 4.72 Å². The highest BCUT2D eigenvalue weighted by Crippen LogP contribution is 2.14. The Balaban J connectivity index is 1.81. The first-order valence-corrected chi connectivity index (χ1v) is 9.57. The number of carbonyl (C=O) groups excluding carboxylic acids is 3. The molecule has 1 aliphatic heterocycles. The Bertz CT molecular complexity index is 770. The van der Waals surface area contributed by atoms with Gasteiger partial charge in [-0.15, -0.1) is 0 Å². The number of nitrogens with one attached hydrogen (secondary N) is 2. The summed E-state index contributed by atoms with van der Waals surface area (Å²) in [6, 6.07) is 5.47. The van der Waals surface area contributed by atoms with E-state index in [1.165, 1.54) is 31.2 Å². The van der Waals surface area contributed by atoms with Gasteiger partial charge in [0, 0.05) is 25.7 Å². The standard InChI is InChI=1S/C16H21N3O6S/c1-12(20)18-13-4-6-14(7-5-13)26(23,24)17-10-16(22)25-11-15(21)19-8-2-3-9-19/h4-7,17H,2-3,8-11H2,1H3,(H,18,20). The van der Waals surface area contributed by atoms with Crippen LogP contribution in [-0.4, -0.2) is 57.3 Å². The van der Waals surface area contributed by atoms with E-state index in [0.29, 0.717) is 18.8 Å². The zero-order chi connectivity index (χ0) is 19.2. The summed E-state index contributed by atoms with van der Waals surface area (Å²) in [6.07, 6.45) is 1.86. The van der Waals surface area contributed by atoms with Crippen molar-refractivity contribution in [3.05, 3.63) is 24.3 Å². The maximum Gasteiger partial charge on any atom is 0.321 e. The number of hydrogen-bond acceptors (Lipinski definition) is 6. The first kappa shape index (κ1) is 19.9. The molecule has 9 nitrogen and oxygen atoms in total. The van der Waals surface area contributed by atoms with E-state index in [4.69, 9.17) is 4.74 Å². The number of benzene rings is 1. The highest BCUT2D eigenvalue weighted by molar-refractivity contribution is 7.89. The Hall–Kier alpha value is -2.46. The normalized spacial score (nSPS) is 14.1. The summed E-state index contributed by atoms with van der Waals surface area (Å²) in [5.41, 5.74) is 0.455. The molecule has 2 N–H and O–H groups in total. The smallest absolute Gasteiger partial charge is 0.321 e. The first-order chi connectivity index (χ1) is 12.3. The molecule has 0 aromatic heterocycles. The second-order valence-electron chi connectivity index (χ2n) is 5.78. The fourth-order valence-electron chi connectivity index (χ4n) is 2.41. The summed E-state index contributed by atoms with van der Waals surface area (Å²) in [4.78, 5) is 35.9. The Kier molecular flexibility index (Phi) is 6.70. The predicted molar refractivity (Wildman–Crippen MR) is 92.7 cm³/mol. The molecule has 0 radical (unpaired) electrons. The molecule has 1 aromatic carbocycles. The van der Waals surface area contributed by atoms with E-state index in [-0.39, 0.29) is 16.7 Å². The number of carbonyl (C=O) groups is 3. The molecule has 0 bridgehead atoms. The van der Waals surface area contributed by atoms with Crippen molar-refractivity contribution in [2.24, 2.45) is 0 Å². The van der Waals surface area contributed by atoms with Gasteiger partial charge in [0.2, 0.25) is 15.9 Å². The Morgan fingerprint density at radius 3 is 2.31 bits per heavy atom. The van der Waals surface area contributed by atoms with E-state index in [2.05, 4.69) is 10.0 Å². The van der Waals surface area contributed by atoms with Gasteiger partial charge >= 0.3 is 5.97 Å². The molecule has 26 heavy (non-hydrogen) atoms. The van der Waals surface area contributed by atoms with Crippen molar-refractivity contribution >= 4 is 33.5 Å². The number of sulfonamides is 1. The van der Waals surface area contributed by atoms with Crippen molar-refractivity contribution < 1.29 is 27.5 Å². The lowest BCUT2D eigenvalue weighted by molar-refractivity contribution is -0.150. The molecule has 0 aliphatic carbocycles. The van der Waals surface area contributed by atoms with Gasteiger partial charge < -0.3 is 15.0 Å². The van der Waals surface area contributed by atoms with Crippen LogP contribution in [0.2, 0.25) is 0 Å². The Morgan fingerprint density at radius 1 is 1.12 bits per heavy atom. The van der Waals surface area contributed by atoms with Crippen LogP contribution in [0.4, 0.5) is 5.69 Å². The molecule has 1 heterocycles. The summed E-state index contributed by atoms with van der Waals surface area (Å²) in [5.74, 6) is -1.40. The van der Waals surface area contributed by atoms with Gasteiger partial charge in [-0.3, -0.25) is 14.4 Å². The Morgan fingerprint density at radius 2 is 1.73 bits per heavy atom. The quantitative estimate of drug-likeness (QED) is 0.644. The number of nitrogens with zero attached hydrogens (tertiary/aromatic N) is 1. The van der Waals surface area contributed by atoms with Gasteiger partial charge in [0.15, 0.2) is 6.61 Å². The summed E-state index contributed by atoms with van der Waals surface area (Å²) in [6.45, 7) is 1.66. The zero-order valence-corrected chi connectivity index (χ0v) is 15.2. The summed E-state index contributed by atoms with van der Waals surface area (Å²) < 4.78 is 31.2. The average Bonchev–Trinajstić information content (AvgIpc) is 3.12. The van der Waals surface area contributed by atoms with Crippen LogP contribution >= 0.6 is 0 Å². The average molecular weight is 383 g/mol. The van der Waals surface area contributed by atoms with Crippen LogP contribution in [0.1, 0.15) is 19.8 Å². The van der Waals surface area contributed by atoms with E-state index < -0.39 is 29.1 Å². The second-order valence-corrected chi connectivity index (χ2v) is 7.55. The van der Waals surface area contributed by atoms with Crippen molar-refractivity contribution in [3.63, 3.8) is 0 Å². The number of rotatable bonds is 7. The maximum atomic E-state index is 12.1. The molecule has 0 saturated carbocycles. The molecule has 10 heteroatoms. The van der Waals surface area contributed by atoms with Gasteiger partial charge in [-0.25, -0.2) is 8.42 Å². The first-order valence-electron chi connectivity index (χ1n) is 8.08. The molecule has 0 unspecified atom stereocenters. The lowest BCUT2D eigenvalue weighted by Crippen LogP contribution is -2.35. The molecular weight excluding hydrogens is 362 g/mol. The second kappa shape index (κ2) is 8.77. The van der Waals surface area contributed by atoms with Crippen molar-refractivity contribution in [3.8, 4) is 0 Å². The maximum absolute atomic E-state index is 12.1. The molecule has 0 spiro atoms. The monoisotopic (exact) mass is 383 g/mol. The largest absolute Gasteiger partial charge is 0.455 e. The molecule has 1 saturated heterocycles. The molecule has 1 aromatic rings. The van der Waals surface area contributed by atoms with Crippen LogP contribution in [0.25, 0.3) is 0 Å². The van der Waals surface area contributed by atoms with E-state index >= 15 is 0 Å². The Labute approximate surface area is 151 Å². The van der Waals surface area contributed by atoms with Crippen molar-refractivity contribution in [1.82, 2.24) is 9.62 Å². The van der Waals surface area contributed by atoms with Crippen molar-refractivity contribution in [2.45, 2.75) is 24.7 Å². The van der Waals surface area contributed by atoms with Gasteiger partial charge in [0.05, 0.1) is 4.90 Å². The highest BCUT2D eigenvalue weighted by Gasteiger charge is 2.20. The van der Waals surface area contributed by atoms with Crippen LogP contribution in [0.15, 0.2) is 29.2 Å². The van der Waals surface area contributed by atoms with Gasteiger partial charge in [0.25, 0.3) is 5.91 Å². The number of hydrogen-bond donors (Lipinski definition) is 2. The minimum atomic E-state index is -3.91. The lowest BCUT2D eigenvalue weighted by Gasteiger charge is -2.15. The number of amides is 2. The zero-order valence-electron chi connectivity index (χ0n) is 14.4. The fourth-order valence-corrected chi connectivity index (χ4v) is 3.38. The predicted octanol–water partition coefficient (Wildman–Crippen LogP) is 0.0889.